The summed E-state index contributed by atoms with van der Waals surface area (Å²) in [5.74, 6) is -0.253. The molecule has 0 aliphatic carbocycles. The minimum atomic E-state index is -3.38. The van der Waals surface area contributed by atoms with Gasteiger partial charge in [0.15, 0.2) is 0 Å². The number of carbonyl (C=O) groups excluding carboxylic acids is 1. The summed E-state index contributed by atoms with van der Waals surface area (Å²) < 4.78 is 25.3. The van der Waals surface area contributed by atoms with Gasteiger partial charge in [-0.2, -0.15) is 0 Å². The summed E-state index contributed by atoms with van der Waals surface area (Å²) in [5, 5.41) is 2.55. The molecule has 0 radical (unpaired) electrons. The van der Waals surface area contributed by atoms with Gasteiger partial charge in [-0.15, -0.1) is 0 Å². The molecule has 0 aromatic carbocycles. The van der Waals surface area contributed by atoms with Gasteiger partial charge in [-0.1, -0.05) is 6.58 Å². The van der Waals surface area contributed by atoms with E-state index in [0.29, 0.717) is 13.0 Å². The van der Waals surface area contributed by atoms with Crippen LogP contribution in [0.3, 0.4) is 0 Å². The van der Waals surface area contributed by atoms with E-state index in [0.717, 1.165) is 0 Å². The van der Waals surface area contributed by atoms with Crippen LogP contribution in [0.4, 0.5) is 0 Å². The van der Waals surface area contributed by atoms with Crippen molar-refractivity contribution in [3.8, 4) is 0 Å². The number of phosphoric ester groups is 1. The van der Waals surface area contributed by atoms with Crippen molar-refractivity contribution >= 4 is 13.7 Å². The monoisotopic (exact) mass is 237 g/mol. The summed E-state index contributed by atoms with van der Waals surface area (Å²) in [7, 11) is -0.905. The molecule has 0 saturated carbocycles. The molecule has 1 amide bonds. The van der Waals surface area contributed by atoms with E-state index in [1.807, 2.05) is 0 Å². The zero-order chi connectivity index (χ0) is 11.7. The summed E-state index contributed by atoms with van der Waals surface area (Å²) in [6, 6.07) is 0. The Kier molecular flexibility index (Phi) is 7.25. The maximum atomic E-state index is 11.3. The molecule has 0 rings (SSSR count). The molecule has 0 unspecified atom stereocenters. The van der Waals surface area contributed by atoms with Crippen molar-refractivity contribution < 1.29 is 22.9 Å². The molecule has 0 aliphatic heterocycles. The second kappa shape index (κ2) is 7.59. The van der Waals surface area contributed by atoms with Gasteiger partial charge in [0.05, 0.1) is 6.61 Å². The molecule has 0 spiro atoms. The first-order chi connectivity index (χ1) is 7.08. The molecule has 15 heavy (non-hydrogen) atoms. The number of phosphoric acid groups is 1. The first-order valence-electron chi connectivity index (χ1n) is 4.34. The van der Waals surface area contributed by atoms with Crippen LogP contribution in [0.2, 0.25) is 0 Å². The van der Waals surface area contributed by atoms with Gasteiger partial charge in [0.25, 0.3) is 0 Å². The number of carbonyl (C=O) groups is 1. The number of amides is 1. The average Bonchev–Trinajstić information content (AvgIpc) is 2.27. The lowest BCUT2D eigenvalue weighted by molar-refractivity contribution is -0.116. The van der Waals surface area contributed by atoms with Crippen LogP contribution in [0.25, 0.3) is 0 Å². The van der Waals surface area contributed by atoms with Crippen LogP contribution in [-0.4, -0.2) is 33.3 Å². The van der Waals surface area contributed by atoms with Crippen molar-refractivity contribution in [2.75, 3.05) is 27.4 Å². The van der Waals surface area contributed by atoms with Gasteiger partial charge in [-0.3, -0.25) is 18.4 Å². The third kappa shape index (κ3) is 6.41. The lowest BCUT2D eigenvalue weighted by Gasteiger charge is -2.12. The SMILES string of the molecule is C=CC(=O)NCCCOP(=O)(OC)OC. The highest BCUT2D eigenvalue weighted by Gasteiger charge is 2.21. The minimum Gasteiger partial charge on any atom is -0.352 e. The lowest BCUT2D eigenvalue weighted by Crippen LogP contribution is -2.22. The van der Waals surface area contributed by atoms with E-state index in [1.54, 1.807) is 0 Å². The van der Waals surface area contributed by atoms with Crippen LogP contribution in [0.1, 0.15) is 6.42 Å². The van der Waals surface area contributed by atoms with Crippen molar-refractivity contribution in [2.24, 2.45) is 0 Å². The van der Waals surface area contributed by atoms with Crippen LogP contribution < -0.4 is 5.32 Å². The Bertz CT molecular complexity index is 247. The first kappa shape index (κ1) is 14.3. The Morgan fingerprint density at radius 2 is 2.07 bits per heavy atom. The van der Waals surface area contributed by atoms with Crippen molar-refractivity contribution in [1.82, 2.24) is 5.32 Å². The molecule has 0 heterocycles. The lowest BCUT2D eigenvalue weighted by atomic mass is 10.4. The summed E-state index contributed by atoms with van der Waals surface area (Å²) in [6.45, 7) is 3.89. The van der Waals surface area contributed by atoms with Crippen LogP contribution in [0.5, 0.6) is 0 Å². The van der Waals surface area contributed by atoms with Crippen molar-refractivity contribution in [1.29, 1.82) is 0 Å². The molecule has 0 aromatic rings. The van der Waals surface area contributed by atoms with E-state index in [1.165, 1.54) is 20.3 Å². The normalized spacial score (nSPS) is 11.1. The minimum absolute atomic E-state index is 0.177. The van der Waals surface area contributed by atoms with E-state index in [4.69, 9.17) is 4.52 Å². The fourth-order valence-electron chi connectivity index (χ4n) is 0.712. The van der Waals surface area contributed by atoms with Crippen molar-refractivity contribution in [2.45, 2.75) is 6.42 Å². The maximum absolute atomic E-state index is 11.3. The first-order valence-corrected chi connectivity index (χ1v) is 5.80. The predicted octanol–water partition coefficient (Wildman–Crippen LogP) is 1.10. The molecule has 0 fully saturated rings. The van der Waals surface area contributed by atoms with Gasteiger partial charge in [0.1, 0.15) is 0 Å². The van der Waals surface area contributed by atoms with Gasteiger partial charge in [0.2, 0.25) is 5.91 Å². The largest absolute Gasteiger partial charge is 0.474 e. The molecule has 0 aromatic heterocycles. The van der Waals surface area contributed by atoms with E-state index in [-0.39, 0.29) is 12.5 Å². The summed E-state index contributed by atoms with van der Waals surface area (Å²) in [6.07, 6.45) is 1.69. The zero-order valence-electron chi connectivity index (χ0n) is 8.89. The van der Waals surface area contributed by atoms with Crippen LogP contribution >= 0.6 is 7.82 Å². The third-order valence-corrected chi connectivity index (χ3v) is 2.90. The van der Waals surface area contributed by atoms with E-state index in [9.17, 15) is 9.36 Å². The van der Waals surface area contributed by atoms with Gasteiger partial charge in [0, 0.05) is 20.8 Å². The fraction of sp³-hybridized carbons (Fsp3) is 0.625. The molecule has 0 saturated heterocycles. The summed E-state index contributed by atoms with van der Waals surface area (Å²) in [5.41, 5.74) is 0. The van der Waals surface area contributed by atoms with Crippen LogP contribution in [0, 0.1) is 0 Å². The predicted molar refractivity (Wildman–Crippen MR) is 55.4 cm³/mol. The van der Waals surface area contributed by atoms with Gasteiger partial charge >= 0.3 is 7.82 Å². The van der Waals surface area contributed by atoms with Gasteiger partial charge in [-0.05, 0) is 12.5 Å². The Hall–Kier alpha value is -0.680. The van der Waals surface area contributed by atoms with E-state index >= 15 is 0 Å². The average molecular weight is 237 g/mol. The standard InChI is InChI=1S/C8H16NO5P/c1-4-8(10)9-6-5-7-14-15(11,12-2)13-3/h4H,1,5-7H2,2-3H3,(H,9,10). The molecule has 0 bridgehead atoms. The van der Waals surface area contributed by atoms with Crippen LogP contribution in [0.15, 0.2) is 12.7 Å². The smallest absolute Gasteiger partial charge is 0.352 e. The third-order valence-electron chi connectivity index (χ3n) is 1.50. The summed E-state index contributed by atoms with van der Waals surface area (Å²) >= 11 is 0. The van der Waals surface area contributed by atoms with Gasteiger partial charge < -0.3 is 5.32 Å². The van der Waals surface area contributed by atoms with E-state index < -0.39 is 7.82 Å². The highest BCUT2D eigenvalue weighted by molar-refractivity contribution is 7.48. The summed E-state index contributed by atoms with van der Waals surface area (Å²) in [4.78, 5) is 10.7. The molecule has 7 heteroatoms. The quantitative estimate of drug-likeness (QED) is 0.388. The Morgan fingerprint density at radius 1 is 1.47 bits per heavy atom. The molecule has 1 N–H and O–H groups in total. The topological polar surface area (TPSA) is 73.9 Å². The molecular weight excluding hydrogens is 221 g/mol. The van der Waals surface area contributed by atoms with Crippen molar-refractivity contribution in [3.05, 3.63) is 12.7 Å². The second-order valence-corrected chi connectivity index (χ2v) is 4.38. The molecule has 6 nitrogen and oxygen atoms in total. The highest BCUT2D eigenvalue weighted by atomic mass is 31.2. The Morgan fingerprint density at radius 3 is 2.53 bits per heavy atom. The maximum Gasteiger partial charge on any atom is 0.474 e. The fourth-order valence-corrected chi connectivity index (χ4v) is 1.42. The number of hydrogen-bond donors (Lipinski definition) is 1. The van der Waals surface area contributed by atoms with E-state index in [2.05, 4.69) is 20.9 Å². The Labute approximate surface area is 89.2 Å². The number of nitrogens with one attached hydrogen (secondary N) is 1. The molecule has 0 atom stereocenters. The van der Waals surface area contributed by atoms with Crippen molar-refractivity contribution in [3.63, 3.8) is 0 Å². The highest BCUT2D eigenvalue weighted by Crippen LogP contribution is 2.47. The van der Waals surface area contributed by atoms with Gasteiger partial charge in [-0.25, -0.2) is 4.57 Å². The number of hydrogen-bond acceptors (Lipinski definition) is 5. The molecule has 0 aliphatic rings. The van der Waals surface area contributed by atoms with Crippen LogP contribution in [-0.2, 0) is 22.9 Å². The molecule has 88 valence electrons. The number of rotatable bonds is 8. The second-order valence-electron chi connectivity index (χ2n) is 2.49. The molecular formula is C8H16NO5P. The zero-order valence-corrected chi connectivity index (χ0v) is 9.79. The Balaban J connectivity index is 3.58.